The molecule has 1 unspecified atom stereocenters. The molecule has 0 saturated carbocycles. The van der Waals surface area contributed by atoms with Gasteiger partial charge in [0.15, 0.2) is 0 Å². The maximum Gasteiger partial charge on any atom is 0.255 e. The quantitative estimate of drug-likeness (QED) is 0.183. The van der Waals surface area contributed by atoms with Gasteiger partial charge in [-0.15, -0.1) is 5.10 Å². The molecule has 0 spiro atoms. The zero-order chi connectivity index (χ0) is 28.6. The van der Waals surface area contributed by atoms with E-state index in [1.807, 2.05) is 80.6 Å². The molecule has 1 amide bonds. The van der Waals surface area contributed by atoms with Crippen molar-refractivity contribution in [1.82, 2.24) is 14.8 Å². The fourth-order valence-corrected chi connectivity index (χ4v) is 5.39. The highest BCUT2D eigenvalue weighted by atomic mass is 32.2. The first-order valence-corrected chi connectivity index (χ1v) is 14.9. The molecule has 0 fully saturated rings. The second-order valence-corrected chi connectivity index (χ2v) is 10.7. The van der Waals surface area contributed by atoms with E-state index in [2.05, 4.69) is 29.7 Å². The highest BCUT2D eigenvalue weighted by molar-refractivity contribution is 7.99. The molecule has 2 N–H and O–H groups in total. The van der Waals surface area contributed by atoms with Gasteiger partial charge in [-0.05, 0) is 55.7 Å². The summed E-state index contributed by atoms with van der Waals surface area (Å²) in [7, 11) is 0. The molecule has 0 bridgehead atoms. The number of rotatable bonds is 12. The fraction of sp³-hybridized carbons (Fsp3) is 0.281. The van der Waals surface area contributed by atoms with Gasteiger partial charge in [-0.1, -0.05) is 73.3 Å². The van der Waals surface area contributed by atoms with Crippen LogP contribution < -0.4 is 20.1 Å². The minimum Gasteiger partial charge on any atom is -0.493 e. The summed E-state index contributed by atoms with van der Waals surface area (Å²) in [6.07, 6.45) is 1.84. The Morgan fingerprint density at radius 1 is 1.00 bits per heavy atom. The van der Waals surface area contributed by atoms with Gasteiger partial charge >= 0.3 is 0 Å². The molecule has 1 aromatic heterocycles. The molecular weight excluding hydrogens is 534 g/mol. The van der Waals surface area contributed by atoms with Crippen LogP contribution in [-0.4, -0.2) is 39.6 Å². The van der Waals surface area contributed by atoms with Crippen LogP contribution >= 0.6 is 11.8 Å². The second kappa shape index (κ2) is 13.4. The molecule has 0 saturated heterocycles. The van der Waals surface area contributed by atoms with Crippen molar-refractivity contribution in [3.63, 3.8) is 0 Å². The molecule has 9 heteroatoms. The van der Waals surface area contributed by atoms with Gasteiger partial charge in [0.25, 0.3) is 5.91 Å². The van der Waals surface area contributed by atoms with Gasteiger partial charge < -0.3 is 20.1 Å². The monoisotopic (exact) mass is 569 g/mol. The molecule has 1 atom stereocenters. The summed E-state index contributed by atoms with van der Waals surface area (Å²) >= 11 is 1.60. The zero-order valence-electron chi connectivity index (χ0n) is 23.6. The predicted molar refractivity (Wildman–Crippen MR) is 164 cm³/mol. The van der Waals surface area contributed by atoms with Crippen molar-refractivity contribution in [3.05, 3.63) is 101 Å². The highest BCUT2D eigenvalue weighted by Gasteiger charge is 2.34. The first kappa shape index (κ1) is 28.3. The number of anilines is 2. The molecule has 1 aliphatic heterocycles. The van der Waals surface area contributed by atoms with Gasteiger partial charge in [0.2, 0.25) is 11.1 Å². The van der Waals surface area contributed by atoms with Crippen LogP contribution in [-0.2, 0) is 11.2 Å². The minimum absolute atomic E-state index is 0.237. The van der Waals surface area contributed by atoms with Gasteiger partial charge in [0.1, 0.15) is 17.5 Å². The van der Waals surface area contributed by atoms with Crippen molar-refractivity contribution in [2.45, 2.75) is 44.8 Å². The number of carbonyl (C=O) groups excluding carboxylic acids is 1. The zero-order valence-corrected chi connectivity index (χ0v) is 24.4. The summed E-state index contributed by atoms with van der Waals surface area (Å²) in [6.45, 7) is 7.02. The van der Waals surface area contributed by atoms with E-state index in [0.717, 1.165) is 35.6 Å². The summed E-state index contributed by atoms with van der Waals surface area (Å²) < 4.78 is 13.6. The van der Waals surface area contributed by atoms with E-state index in [1.165, 1.54) is 5.56 Å². The van der Waals surface area contributed by atoms with E-state index in [4.69, 9.17) is 19.6 Å². The van der Waals surface area contributed by atoms with Crippen molar-refractivity contribution in [2.75, 3.05) is 29.6 Å². The van der Waals surface area contributed by atoms with Crippen LogP contribution in [0.5, 0.6) is 11.5 Å². The number of ether oxygens (including phenoxy) is 2. The van der Waals surface area contributed by atoms with Crippen LogP contribution in [0.3, 0.4) is 0 Å². The highest BCUT2D eigenvalue weighted by Crippen LogP contribution is 2.38. The Hall–Kier alpha value is -4.24. The number of allylic oxidation sites excluding steroid dienone is 1. The standard InChI is InChI=1S/C32H35N5O3S/c1-4-21-41-32-35-31-33-22(3)28(30(38)34-26-13-9-10-14-27(26)39-5-2)29(37(31)36-32)24-15-17-25(18-16-24)40-20-19-23-11-7-6-8-12-23/h6-18,29H,4-5,19-21H2,1-3H3,(H,34,38)(H,33,35,36). The SMILES string of the molecule is CCCSc1nc2n(n1)C(c1ccc(OCCc3ccccc3)cc1)C(C(=O)Nc1ccccc1OCC)=C(C)N2. The number of aromatic nitrogens is 3. The smallest absolute Gasteiger partial charge is 0.255 e. The fourth-order valence-electron chi connectivity index (χ4n) is 4.71. The van der Waals surface area contributed by atoms with E-state index >= 15 is 0 Å². The molecule has 4 aromatic rings. The molecule has 5 rings (SSSR count). The number of nitrogens with zero attached hydrogens (tertiary/aromatic N) is 3. The molecule has 212 valence electrons. The van der Waals surface area contributed by atoms with Crippen LogP contribution in [0.4, 0.5) is 11.6 Å². The van der Waals surface area contributed by atoms with E-state index in [1.54, 1.807) is 16.4 Å². The first-order valence-electron chi connectivity index (χ1n) is 13.9. The maximum atomic E-state index is 13.9. The van der Waals surface area contributed by atoms with Crippen LogP contribution in [0, 0.1) is 0 Å². The van der Waals surface area contributed by atoms with Gasteiger partial charge in [-0.3, -0.25) is 4.79 Å². The van der Waals surface area contributed by atoms with Gasteiger partial charge in [-0.2, -0.15) is 4.98 Å². The van der Waals surface area contributed by atoms with Gasteiger partial charge in [-0.25, -0.2) is 4.68 Å². The molecule has 1 aliphatic rings. The van der Waals surface area contributed by atoms with Crippen molar-refractivity contribution < 1.29 is 14.3 Å². The molecule has 8 nitrogen and oxygen atoms in total. The van der Waals surface area contributed by atoms with E-state index in [0.29, 0.717) is 41.3 Å². The Kier molecular flexibility index (Phi) is 9.26. The van der Waals surface area contributed by atoms with Crippen LogP contribution in [0.2, 0.25) is 0 Å². The number of thioether (sulfide) groups is 1. The number of para-hydroxylation sites is 2. The molecule has 0 aliphatic carbocycles. The number of hydrogen-bond acceptors (Lipinski definition) is 7. The second-order valence-electron chi connectivity index (χ2n) is 9.61. The number of benzene rings is 3. The van der Waals surface area contributed by atoms with E-state index < -0.39 is 6.04 Å². The lowest BCUT2D eigenvalue weighted by Crippen LogP contribution is -2.31. The number of amides is 1. The number of fused-ring (bicyclic) bond motifs is 1. The van der Waals surface area contributed by atoms with Crippen molar-refractivity contribution in [2.24, 2.45) is 0 Å². The summed E-state index contributed by atoms with van der Waals surface area (Å²) in [5.41, 5.74) is 4.03. The van der Waals surface area contributed by atoms with Gasteiger partial charge in [0.05, 0.1) is 24.5 Å². The Morgan fingerprint density at radius 3 is 2.51 bits per heavy atom. The lowest BCUT2D eigenvalue weighted by Gasteiger charge is -2.29. The van der Waals surface area contributed by atoms with Crippen molar-refractivity contribution >= 4 is 29.3 Å². The van der Waals surface area contributed by atoms with Gasteiger partial charge in [0, 0.05) is 17.9 Å². The topological polar surface area (TPSA) is 90.3 Å². The predicted octanol–water partition coefficient (Wildman–Crippen LogP) is 6.73. The third-order valence-electron chi connectivity index (χ3n) is 6.65. The van der Waals surface area contributed by atoms with E-state index in [9.17, 15) is 4.79 Å². The first-order chi connectivity index (χ1) is 20.1. The van der Waals surface area contributed by atoms with Crippen LogP contribution in [0.25, 0.3) is 0 Å². The Bertz CT molecular complexity index is 1500. The lowest BCUT2D eigenvalue weighted by molar-refractivity contribution is -0.113. The van der Waals surface area contributed by atoms with E-state index in [-0.39, 0.29) is 5.91 Å². The summed E-state index contributed by atoms with van der Waals surface area (Å²) in [4.78, 5) is 18.6. The van der Waals surface area contributed by atoms with Crippen molar-refractivity contribution in [3.8, 4) is 11.5 Å². The summed E-state index contributed by atoms with van der Waals surface area (Å²) in [5.74, 6) is 2.68. The Labute approximate surface area is 245 Å². The normalized spacial score (nSPS) is 14.3. The number of nitrogens with one attached hydrogen (secondary N) is 2. The average Bonchev–Trinajstić information content (AvgIpc) is 3.39. The largest absolute Gasteiger partial charge is 0.493 e. The third-order valence-corrected chi connectivity index (χ3v) is 7.69. The van der Waals surface area contributed by atoms with Crippen molar-refractivity contribution in [1.29, 1.82) is 0 Å². The average molecular weight is 570 g/mol. The molecule has 2 heterocycles. The maximum absolute atomic E-state index is 13.9. The molecule has 41 heavy (non-hydrogen) atoms. The van der Waals surface area contributed by atoms with Crippen LogP contribution in [0.1, 0.15) is 44.4 Å². The molecule has 0 radical (unpaired) electrons. The van der Waals surface area contributed by atoms with Crippen LogP contribution in [0.15, 0.2) is 95.3 Å². The Morgan fingerprint density at radius 2 is 1.76 bits per heavy atom. The lowest BCUT2D eigenvalue weighted by atomic mass is 9.95. The summed E-state index contributed by atoms with van der Waals surface area (Å²) in [6, 6.07) is 25.1. The number of carbonyl (C=O) groups is 1. The summed E-state index contributed by atoms with van der Waals surface area (Å²) in [5, 5.41) is 11.9. The number of hydrogen-bond donors (Lipinski definition) is 2. The Balaban J connectivity index is 1.42. The molecule has 3 aromatic carbocycles. The minimum atomic E-state index is -0.479. The molecular formula is C32H35N5O3S. The third kappa shape index (κ3) is 6.74.